The van der Waals surface area contributed by atoms with Gasteiger partial charge in [0.05, 0.1) is 19.1 Å². The average molecular weight is 223 g/mol. The van der Waals surface area contributed by atoms with Crippen molar-refractivity contribution < 1.29 is 14.4 Å². The SMILES string of the molecule is CC(C)(CN=C=O)C(CCN=C=O)N=C=O. The molecule has 0 amide bonds. The van der Waals surface area contributed by atoms with Crippen molar-refractivity contribution in [3.05, 3.63) is 0 Å². The summed E-state index contributed by atoms with van der Waals surface area (Å²) in [6, 6.07) is -0.390. The van der Waals surface area contributed by atoms with Gasteiger partial charge in [-0.3, -0.25) is 0 Å². The molecule has 0 saturated heterocycles. The minimum absolute atomic E-state index is 0.206. The predicted molar refractivity (Wildman–Crippen MR) is 56.3 cm³/mol. The van der Waals surface area contributed by atoms with Crippen molar-refractivity contribution in [1.82, 2.24) is 0 Å². The Hall–Kier alpha value is -1.86. The van der Waals surface area contributed by atoms with Crippen LogP contribution < -0.4 is 0 Å². The summed E-state index contributed by atoms with van der Waals surface area (Å²) in [5.74, 6) is 0. The van der Waals surface area contributed by atoms with Gasteiger partial charge in [-0.25, -0.2) is 29.4 Å². The van der Waals surface area contributed by atoms with Crippen molar-refractivity contribution in [1.29, 1.82) is 0 Å². The van der Waals surface area contributed by atoms with Gasteiger partial charge in [-0.15, -0.1) is 0 Å². The third kappa shape index (κ3) is 5.13. The molecule has 0 spiro atoms. The Kier molecular flexibility index (Phi) is 6.57. The van der Waals surface area contributed by atoms with E-state index in [1.807, 2.05) is 13.8 Å². The Morgan fingerprint density at radius 2 is 1.69 bits per heavy atom. The minimum Gasteiger partial charge on any atom is -0.211 e. The van der Waals surface area contributed by atoms with Crippen LogP contribution in [0.4, 0.5) is 0 Å². The van der Waals surface area contributed by atoms with Crippen molar-refractivity contribution in [3.63, 3.8) is 0 Å². The summed E-state index contributed by atoms with van der Waals surface area (Å²) < 4.78 is 0. The minimum atomic E-state index is -0.479. The van der Waals surface area contributed by atoms with Crippen LogP contribution in [0.15, 0.2) is 15.0 Å². The molecule has 0 heterocycles. The molecule has 1 atom stereocenters. The number of hydrogen-bond donors (Lipinski definition) is 0. The van der Waals surface area contributed by atoms with Gasteiger partial charge in [-0.2, -0.15) is 0 Å². The van der Waals surface area contributed by atoms with Crippen molar-refractivity contribution in [2.24, 2.45) is 20.4 Å². The van der Waals surface area contributed by atoms with Crippen molar-refractivity contribution in [2.45, 2.75) is 26.3 Å². The lowest BCUT2D eigenvalue weighted by Crippen LogP contribution is -2.31. The molecule has 0 rings (SSSR count). The normalized spacial score (nSPS) is 11.6. The number of hydrogen-bond acceptors (Lipinski definition) is 6. The highest BCUT2D eigenvalue weighted by molar-refractivity contribution is 5.35. The van der Waals surface area contributed by atoms with E-state index in [2.05, 4.69) is 15.0 Å². The van der Waals surface area contributed by atoms with Gasteiger partial charge in [0.15, 0.2) is 0 Å². The molecule has 0 aromatic rings. The fourth-order valence-electron chi connectivity index (χ4n) is 1.27. The van der Waals surface area contributed by atoms with Crippen LogP contribution in [0.25, 0.3) is 0 Å². The maximum atomic E-state index is 10.3. The second-order valence-electron chi connectivity index (χ2n) is 3.89. The van der Waals surface area contributed by atoms with Crippen molar-refractivity contribution >= 4 is 18.2 Å². The summed E-state index contributed by atoms with van der Waals surface area (Å²) in [5.41, 5.74) is -0.479. The highest BCUT2D eigenvalue weighted by Gasteiger charge is 2.29. The zero-order valence-electron chi connectivity index (χ0n) is 9.27. The number of aliphatic imine (C=N–C) groups is 3. The smallest absolute Gasteiger partial charge is 0.211 e. The molecule has 0 aromatic carbocycles. The third-order valence-corrected chi connectivity index (χ3v) is 2.24. The Morgan fingerprint density at radius 1 is 1.06 bits per heavy atom. The van der Waals surface area contributed by atoms with E-state index >= 15 is 0 Å². The van der Waals surface area contributed by atoms with Crippen LogP contribution in [-0.4, -0.2) is 37.4 Å². The maximum Gasteiger partial charge on any atom is 0.235 e. The van der Waals surface area contributed by atoms with E-state index in [1.54, 1.807) is 0 Å². The first kappa shape index (κ1) is 14.1. The van der Waals surface area contributed by atoms with E-state index in [-0.39, 0.29) is 19.1 Å². The highest BCUT2D eigenvalue weighted by atomic mass is 16.1. The van der Waals surface area contributed by atoms with Gasteiger partial charge in [0.2, 0.25) is 18.2 Å². The van der Waals surface area contributed by atoms with E-state index < -0.39 is 5.41 Å². The van der Waals surface area contributed by atoms with Crippen LogP contribution in [0, 0.1) is 5.41 Å². The van der Waals surface area contributed by atoms with Crippen molar-refractivity contribution in [2.75, 3.05) is 13.1 Å². The molecule has 6 heteroatoms. The molecule has 0 saturated carbocycles. The molecule has 16 heavy (non-hydrogen) atoms. The fourth-order valence-corrected chi connectivity index (χ4v) is 1.27. The molecule has 0 aromatic heterocycles. The quantitative estimate of drug-likeness (QED) is 0.472. The summed E-state index contributed by atoms with van der Waals surface area (Å²) >= 11 is 0. The lowest BCUT2D eigenvalue weighted by atomic mass is 9.83. The van der Waals surface area contributed by atoms with Gasteiger partial charge >= 0.3 is 0 Å². The Labute approximate surface area is 93.2 Å². The van der Waals surface area contributed by atoms with E-state index in [1.165, 1.54) is 18.2 Å². The third-order valence-electron chi connectivity index (χ3n) is 2.24. The zero-order valence-corrected chi connectivity index (χ0v) is 9.27. The van der Waals surface area contributed by atoms with E-state index in [4.69, 9.17) is 0 Å². The molecule has 0 N–H and O–H groups in total. The molecule has 86 valence electrons. The average Bonchev–Trinajstić information content (AvgIpc) is 2.25. The van der Waals surface area contributed by atoms with Crippen LogP contribution in [0.1, 0.15) is 20.3 Å². The van der Waals surface area contributed by atoms with E-state index in [0.717, 1.165) is 0 Å². The summed E-state index contributed by atoms with van der Waals surface area (Å²) in [6.07, 6.45) is 4.73. The first-order chi connectivity index (χ1) is 7.58. The van der Waals surface area contributed by atoms with Crippen LogP contribution >= 0.6 is 0 Å². The molecule has 0 aliphatic heterocycles. The van der Waals surface area contributed by atoms with Crippen molar-refractivity contribution in [3.8, 4) is 0 Å². The zero-order chi connectivity index (χ0) is 12.4. The molecule has 0 aliphatic carbocycles. The predicted octanol–water partition coefficient (Wildman–Crippen LogP) is 0.779. The van der Waals surface area contributed by atoms with Crippen LogP contribution in [0.3, 0.4) is 0 Å². The standard InChI is InChI=1S/C10H13N3O3/c1-10(2,5-12-7-15)9(13-8-16)3-4-11-6-14/h9H,3-5H2,1-2H3. The molecule has 0 radical (unpaired) electrons. The fraction of sp³-hybridized carbons (Fsp3) is 0.700. The van der Waals surface area contributed by atoms with Crippen LogP contribution in [0.2, 0.25) is 0 Å². The molecular formula is C10H13N3O3. The van der Waals surface area contributed by atoms with Gasteiger partial charge < -0.3 is 0 Å². The molecule has 1 unspecified atom stereocenters. The molecular weight excluding hydrogens is 210 g/mol. The number of carbonyl (C=O) groups excluding carboxylic acids is 3. The Bertz CT molecular complexity index is 360. The van der Waals surface area contributed by atoms with Gasteiger partial charge in [0.1, 0.15) is 0 Å². The van der Waals surface area contributed by atoms with Gasteiger partial charge in [0, 0.05) is 5.41 Å². The number of isocyanates is 3. The maximum absolute atomic E-state index is 10.3. The largest absolute Gasteiger partial charge is 0.235 e. The second-order valence-corrected chi connectivity index (χ2v) is 3.89. The topological polar surface area (TPSA) is 88.3 Å². The Morgan fingerprint density at radius 3 is 2.19 bits per heavy atom. The lowest BCUT2D eigenvalue weighted by molar-refractivity contribution is 0.287. The molecule has 0 fully saturated rings. The number of nitrogens with zero attached hydrogens (tertiary/aromatic N) is 3. The number of rotatable bonds is 7. The molecule has 0 bridgehead atoms. The van der Waals surface area contributed by atoms with E-state index in [9.17, 15) is 14.4 Å². The molecule has 6 nitrogen and oxygen atoms in total. The molecule has 0 aliphatic rings. The van der Waals surface area contributed by atoms with Crippen LogP contribution in [-0.2, 0) is 14.4 Å². The van der Waals surface area contributed by atoms with Gasteiger partial charge in [-0.1, -0.05) is 13.8 Å². The monoisotopic (exact) mass is 223 g/mol. The summed E-state index contributed by atoms with van der Waals surface area (Å²) in [5, 5.41) is 0. The summed E-state index contributed by atoms with van der Waals surface area (Å²) in [7, 11) is 0. The first-order valence-electron chi connectivity index (χ1n) is 4.72. The Balaban J connectivity index is 4.66. The highest BCUT2D eigenvalue weighted by Crippen LogP contribution is 2.26. The first-order valence-corrected chi connectivity index (χ1v) is 4.72. The van der Waals surface area contributed by atoms with Crippen LogP contribution in [0.5, 0.6) is 0 Å². The summed E-state index contributed by atoms with van der Waals surface area (Å²) in [6.45, 7) is 4.05. The summed E-state index contributed by atoms with van der Waals surface area (Å²) in [4.78, 5) is 40.7. The second kappa shape index (κ2) is 7.43. The van der Waals surface area contributed by atoms with Gasteiger partial charge in [-0.05, 0) is 6.42 Å². The van der Waals surface area contributed by atoms with E-state index in [0.29, 0.717) is 6.42 Å². The lowest BCUT2D eigenvalue weighted by Gasteiger charge is -2.27. The van der Waals surface area contributed by atoms with Gasteiger partial charge in [0.25, 0.3) is 0 Å².